The molecule has 8 heteroatoms. The molecule has 1 aliphatic rings. The minimum atomic E-state index is -1.14. The molecular formula is C16H18N4O4. The highest BCUT2D eigenvalue weighted by molar-refractivity contribution is 5.94. The van der Waals surface area contributed by atoms with Crippen LogP contribution in [0.1, 0.15) is 29.0 Å². The van der Waals surface area contributed by atoms with Crippen LogP contribution in [0.25, 0.3) is 0 Å². The van der Waals surface area contributed by atoms with Crippen LogP contribution in [0.2, 0.25) is 0 Å². The van der Waals surface area contributed by atoms with Gasteiger partial charge in [0.2, 0.25) is 0 Å². The number of ether oxygens (including phenoxy) is 1. The number of carbonyl (C=O) groups excluding carboxylic acids is 1. The second-order valence-electron chi connectivity index (χ2n) is 6.26. The minimum Gasteiger partial charge on any atom is -0.479 e. The number of aliphatic carboxylic acids is 1. The highest BCUT2D eigenvalue weighted by atomic mass is 16.5. The first-order valence-electron chi connectivity index (χ1n) is 7.53. The van der Waals surface area contributed by atoms with Gasteiger partial charge in [0.05, 0.1) is 26.0 Å². The molecule has 2 N–H and O–H groups in total. The van der Waals surface area contributed by atoms with Gasteiger partial charge >= 0.3 is 5.97 Å². The van der Waals surface area contributed by atoms with Crippen molar-refractivity contribution in [2.75, 3.05) is 13.2 Å². The standard InChI is InChI=1S/C16H18N4O4/c1-16(9-24-10-16)8-20-7-12(18-19-20)14(21)17-13(15(22)23)11-5-3-2-4-6-11/h2-7,13H,8-10H2,1H3,(H,17,21)(H,22,23)/t13-/m0/s1. The Kier molecular flexibility index (Phi) is 4.30. The van der Waals surface area contributed by atoms with E-state index in [9.17, 15) is 14.7 Å². The van der Waals surface area contributed by atoms with E-state index in [1.807, 2.05) is 0 Å². The van der Waals surface area contributed by atoms with Gasteiger partial charge in [-0.1, -0.05) is 42.5 Å². The van der Waals surface area contributed by atoms with E-state index in [1.54, 1.807) is 35.0 Å². The smallest absolute Gasteiger partial charge is 0.330 e. The zero-order chi connectivity index (χ0) is 17.2. The van der Waals surface area contributed by atoms with E-state index >= 15 is 0 Å². The van der Waals surface area contributed by atoms with Crippen molar-refractivity contribution in [1.82, 2.24) is 20.3 Å². The Morgan fingerprint density at radius 3 is 2.67 bits per heavy atom. The molecule has 1 aromatic heterocycles. The molecule has 1 aromatic carbocycles. The third-order valence-electron chi connectivity index (χ3n) is 3.87. The maximum Gasteiger partial charge on any atom is 0.330 e. The van der Waals surface area contributed by atoms with Gasteiger partial charge in [-0.25, -0.2) is 4.79 Å². The Balaban J connectivity index is 1.69. The summed E-state index contributed by atoms with van der Waals surface area (Å²) in [6.45, 7) is 3.94. The van der Waals surface area contributed by atoms with E-state index in [0.29, 0.717) is 25.3 Å². The maximum absolute atomic E-state index is 12.3. The first-order chi connectivity index (χ1) is 11.5. The van der Waals surface area contributed by atoms with Gasteiger partial charge < -0.3 is 15.2 Å². The molecule has 0 aliphatic carbocycles. The zero-order valence-corrected chi connectivity index (χ0v) is 13.2. The summed E-state index contributed by atoms with van der Waals surface area (Å²) in [6.07, 6.45) is 1.52. The van der Waals surface area contributed by atoms with Gasteiger partial charge in [0.25, 0.3) is 5.91 Å². The number of rotatable bonds is 6. The molecule has 0 unspecified atom stereocenters. The zero-order valence-electron chi connectivity index (χ0n) is 13.2. The van der Waals surface area contributed by atoms with Crippen LogP contribution in [0.15, 0.2) is 36.5 Å². The second-order valence-corrected chi connectivity index (χ2v) is 6.26. The van der Waals surface area contributed by atoms with Crippen molar-refractivity contribution >= 4 is 11.9 Å². The summed E-state index contributed by atoms with van der Waals surface area (Å²) in [5.74, 6) is -1.71. The first kappa shape index (κ1) is 16.1. The van der Waals surface area contributed by atoms with Crippen LogP contribution in [-0.4, -0.2) is 45.2 Å². The minimum absolute atomic E-state index is 0.00488. The highest BCUT2D eigenvalue weighted by Crippen LogP contribution is 2.28. The molecule has 1 atom stereocenters. The van der Waals surface area contributed by atoms with Crippen molar-refractivity contribution in [3.63, 3.8) is 0 Å². The molecule has 0 saturated carbocycles. The number of carbonyl (C=O) groups is 2. The topological polar surface area (TPSA) is 106 Å². The third-order valence-corrected chi connectivity index (χ3v) is 3.87. The Bertz CT molecular complexity index is 740. The van der Waals surface area contributed by atoms with Crippen molar-refractivity contribution in [3.05, 3.63) is 47.8 Å². The summed E-state index contributed by atoms with van der Waals surface area (Å²) >= 11 is 0. The van der Waals surface area contributed by atoms with E-state index in [0.717, 1.165) is 0 Å². The Labute approximate surface area is 138 Å². The maximum atomic E-state index is 12.3. The molecule has 0 bridgehead atoms. The fourth-order valence-corrected chi connectivity index (χ4v) is 2.55. The largest absolute Gasteiger partial charge is 0.479 e. The lowest BCUT2D eigenvalue weighted by Gasteiger charge is -2.37. The van der Waals surface area contributed by atoms with Gasteiger partial charge in [-0.05, 0) is 5.56 Å². The predicted octanol–water partition coefficient (Wildman–Crippen LogP) is 0.870. The fourth-order valence-electron chi connectivity index (χ4n) is 2.55. The van der Waals surface area contributed by atoms with Crippen molar-refractivity contribution in [3.8, 4) is 0 Å². The molecule has 8 nitrogen and oxygen atoms in total. The number of carboxylic acids is 1. The molecule has 2 aromatic rings. The molecule has 1 fully saturated rings. The Morgan fingerprint density at radius 2 is 2.08 bits per heavy atom. The SMILES string of the molecule is CC1(Cn2cc(C(=O)N[C@H](C(=O)O)c3ccccc3)nn2)COC1. The molecule has 2 heterocycles. The molecule has 3 rings (SSSR count). The lowest BCUT2D eigenvalue weighted by molar-refractivity contribution is -0.139. The number of aromatic nitrogens is 3. The molecule has 24 heavy (non-hydrogen) atoms. The van der Waals surface area contributed by atoms with Gasteiger partial charge in [-0.3, -0.25) is 9.48 Å². The number of hydrogen-bond donors (Lipinski definition) is 2. The van der Waals surface area contributed by atoms with E-state index in [2.05, 4.69) is 22.6 Å². The molecule has 1 amide bonds. The number of carboxylic acid groups (broad SMARTS) is 1. The van der Waals surface area contributed by atoms with E-state index in [4.69, 9.17) is 4.74 Å². The third kappa shape index (κ3) is 3.43. The van der Waals surface area contributed by atoms with Crippen molar-refractivity contribution in [2.24, 2.45) is 5.41 Å². The molecule has 1 aliphatic heterocycles. The molecule has 1 saturated heterocycles. The quantitative estimate of drug-likeness (QED) is 0.814. The van der Waals surface area contributed by atoms with Crippen LogP contribution < -0.4 is 5.32 Å². The molecular weight excluding hydrogens is 312 g/mol. The van der Waals surface area contributed by atoms with Crippen LogP contribution >= 0.6 is 0 Å². The second kappa shape index (κ2) is 6.40. The van der Waals surface area contributed by atoms with Crippen LogP contribution in [0.4, 0.5) is 0 Å². The Hall–Kier alpha value is -2.74. The lowest BCUT2D eigenvalue weighted by atomic mass is 9.89. The summed E-state index contributed by atoms with van der Waals surface area (Å²) in [4.78, 5) is 23.7. The van der Waals surface area contributed by atoms with Crippen LogP contribution in [0.3, 0.4) is 0 Å². The van der Waals surface area contributed by atoms with Crippen molar-refractivity contribution in [1.29, 1.82) is 0 Å². The van der Waals surface area contributed by atoms with Crippen molar-refractivity contribution in [2.45, 2.75) is 19.5 Å². The number of nitrogens with zero attached hydrogens (tertiary/aromatic N) is 3. The number of benzene rings is 1. The number of hydrogen-bond acceptors (Lipinski definition) is 5. The van der Waals surface area contributed by atoms with E-state index in [1.165, 1.54) is 6.20 Å². The first-order valence-corrected chi connectivity index (χ1v) is 7.53. The lowest BCUT2D eigenvalue weighted by Crippen LogP contribution is -2.43. The summed E-state index contributed by atoms with van der Waals surface area (Å²) in [7, 11) is 0. The summed E-state index contributed by atoms with van der Waals surface area (Å²) in [5.41, 5.74) is 0.570. The molecule has 126 valence electrons. The van der Waals surface area contributed by atoms with Crippen LogP contribution in [0.5, 0.6) is 0 Å². The Morgan fingerprint density at radius 1 is 1.38 bits per heavy atom. The summed E-state index contributed by atoms with van der Waals surface area (Å²) in [6, 6.07) is 7.37. The number of amides is 1. The average Bonchev–Trinajstić information content (AvgIpc) is 3.00. The average molecular weight is 330 g/mol. The monoisotopic (exact) mass is 330 g/mol. The van der Waals surface area contributed by atoms with Gasteiger partial charge in [0.15, 0.2) is 11.7 Å². The van der Waals surface area contributed by atoms with Crippen LogP contribution in [0, 0.1) is 5.41 Å². The molecule has 0 radical (unpaired) electrons. The fraction of sp³-hybridized carbons (Fsp3) is 0.375. The van der Waals surface area contributed by atoms with E-state index in [-0.39, 0.29) is 11.1 Å². The normalized spacial score (nSPS) is 16.9. The summed E-state index contributed by atoms with van der Waals surface area (Å²) < 4.78 is 6.77. The summed E-state index contributed by atoms with van der Waals surface area (Å²) in [5, 5.41) is 19.6. The van der Waals surface area contributed by atoms with Gasteiger partial charge in [0, 0.05) is 5.41 Å². The molecule has 0 spiro atoms. The predicted molar refractivity (Wildman–Crippen MR) is 83.2 cm³/mol. The van der Waals surface area contributed by atoms with Gasteiger partial charge in [-0.2, -0.15) is 0 Å². The van der Waals surface area contributed by atoms with Crippen LogP contribution in [-0.2, 0) is 16.1 Å². The van der Waals surface area contributed by atoms with E-state index < -0.39 is 17.9 Å². The van der Waals surface area contributed by atoms with Crippen molar-refractivity contribution < 1.29 is 19.4 Å². The highest BCUT2D eigenvalue weighted by Gasteiger charge is 2.34. The number of nitrogens with one attached hydrogen (secondary N) is 1. The van der Waals surface area contributed by atoms with Gasteiger partial charge in [0.1, 0.15) is 0 Å². The van der Waals surface area contributed by atoms with Gasteiger partial charge in [-0.15, -0.1) is 5.10 Å².